The Morgan fingerprint density at radius 2 is 1.85 bits per heavy atom. The highest BCUT2D eigenvalue weighted by Crippen LogP contribution is 2.18. The molecule has 27 heavy (non-hydrogen) atoms. The van der Waals surface area contributed by atoms with Crippen LogP contribution in [-0.2, 0) is 11.3 Å². The van der Waals surface area contributed by atoms with Gasteiger partial charge in [0.25, 0.3) is 5.88 Å². The molecule has 0 radical (unpaired) electrons. The van der Waals surface area contributed by atoms with E-state index in [1.165, 1.54) is 0 Å². The average molecular weight is 382 g/mol. The fourth-order valence-electron chi connectivity index (χ4n) is 2.93. The summed E-state index contributed by atoms with van der Waals surface area (Å²) in [6.07, 6.45) is 5.54. The van der Waals surface area contributed by atoms with Crippen molar-refractivity contribution in [3.05, 3.63) is 89.7 Å². The van der Waals surface area contributed by atoms with E-state index in [0.29, 0.717) is 19.1 Å². The number of quaternary nitrogens is 1. The fraction of sp³-hybridized carbons (Fsp3) is 0.143. The number of hydrogen-bond acceptors (Lipinski definition) is 4. The van der Waals surface area contributed by atoms with Crippen molar-refractivity contribution in [1.29, 1.82) is 0 Å². The monoisotopic (exact) mass is 381 g/mol. The first-order valence-corrected chi connectivity index (χ1v) is 8.65. The average Bonchev–Trinajstić information content (AvgIpc) is 3.07. The lowest BCUT2D eigenvalue weighted by molar-refractivity contribution is -0.690. The Morgan fingerprint density at radius 3 is 2.67 bits per heavy atom. The predicted molar refractivity (Wildman–Crippen MR) is 101 cm³/mol. The van der Waals surface area contributed by atoms with E-state index >= 15 is 0 Å². The van der Waals surface area contributed by atoms with Crippen LogP contribution in [0.3, 0.4) is 0 Å². The van der Waals surface area contributed by atoms with E-state index in [0.717, 1.165) is 33.3 Å². The Kier molecular flexibility index (Phi) is 6.06. The van der Waals surface area contributed by atoms with Crippen molar-refractivity contribution in [2.75, 3.05) is 6.61 Å². The predicted octanol–water partition coefficient (Wildman–Crippen LogP) is -0.324. The molecule has 0 fully saturated rings. The summed E-state index contributed by atoms with van der Waals surface area (Å²) in [4.78, 5) is 9.92. The quantitative estimate of drug-likeness (QED) is 0.745. The van der Waals surface area contributed by atoms with Crippen LogP contribution in [0.15, 0.2) is 88.6 Å². The Bertz CT molecular complexity index is 920. The van der Waals surface area contributed by atoms with Crippen LogP contribution < -0.4 is 22.0 Å². The Hall–Kier alpha value is -2.89. The minimum Gasteiger partial charge on any atom is -1.00 e. The van der Waals surface area contributed by atoms with Gasteiger partial charge in [-0.2, -0.15) is 4.99 Å². The maximum absolute atomic E-state index is 5.95. The normalized spacial score (nSPS) is 17.2. The van der Waals surface area contributed by atoms with Gasteiger partial charge in [0, 0.05) is 0 Å². The van der Waals surface area contributed by atoms with Crippen molar-refractivity contribution in [3.63, 3.8) is 0 Å². The standard InChI is InChI=1S/C21H19N3O2.ClH/c1-2-25-21-19-14-22-11-12-24(19)20(23-21)17-9-6-10-18(13-17)26-15-16-7-4-3-5-8-16;/h3-14H,2,15H2,1H3;1H. The Labute approximate surface area is 164 Å². The maximum Gasteiger partial charge on any atom is 0.284 e. The molecule has 0 spiro atoms. The summed E-state index contributed by atoms with van der Waals surface area (Å²) in [5.41, 5.74) is 3.07. The van der Waals surface area contributed by atoms with E-state index in [4.69, 9.17) is 14.5 Å². The van der Waals surface area contributed by atoms with Gasteiger partial charge in [-0.25, -0.2) is 4.90 Å². The highest BCUT2D eigenvalue weighted by atomic mass is 35.5. The van der Waals surface area contributed by atoms with Gasteiger partial charge >= 0.3 is 0 Å². The summed E-state index contributed by atoms with van der Waals surface area (Å²) in [7, 11) is 0. The van der Waals surface area contributed by atoms with E-state index in [9.17, 15) is 0 Å². The Morgan fingerprint density at radius 1 is 1.00 bits per heavy atom. The highest BCUT2D eigenvalue weighted by molar-refractivity contribution is 5.98. The maximum atomic E-state index is 5.95. The van der Waals surface area contributed by atoms with E-state index < -0.39 is 0 Å². The van der Waals surface area contributed by atoms with Crippen molar-refractivity contribution in [2.45, 2.75) is 13.5 Å². The summed E-state index contributed by atoms with van der Waals surface area (Å²) >= 11 is 0. The van der Waals surface area contributed by atoms with E-state index in [1.54, 1.807) is 12.4 Å². The van der Waals surface area contributed by atoms with Gasteiger partial charge in [0.2, 0.25) is 11.5 Å². The molecule has 2 aromatic carbocycles. The van der Waals surface area contributed by atoms with Crippen LogP contribution in [0.4, 0.5) is 0 Å². The van der Waals surface area contributed by atoms with Crippen LogP contribution >= 0.6 is 0 Å². The van der Waals surface area contributed by atoms with Gasteiger partial charge in [-0.1, -0.05) is 36.4 Å². The van der Waals surface area contributed by atoms with Crippen LogP contribution in [0.1, 0.15) is 18.1 Å². The number of rotatable bonds is 6. The number of ether oxygens (including phenoxy) is 2. The van der Waals surface area contributed by atoms with Gasteiger partial charge in [0.1, 0.15) is 18.6 Å². The van der Waals surface area contributed by atoms with Crippen molar-refractivity contribution >= 4 is 12.1 Å². The molecule has 1 unspecified atom stereocenters. The molecule has 0 bridgehead atoms. The fourth-order valence-corrected chi connectivity index (χ4v) is 2.93. The summed E-state index contributed by atoms with van der Waals surface area (Å²) in [6, 6.07) is 18.1. The number of nitrogens with zero attached hydrogens (tertiary/aromatic N) is 2. The molecule has 2 aliphatic heterocycles. The summed E-state index contributed by atoms with van der Waals surface area (Å²) < 4.78 is 11.6. The molecular formula is C21H20ClN3O2. The number of fused-ring (bicyclic) bond motifs is 1. The van der Waals surface area contributed by atoms with E-state index in [2.05, 4.69) is 17.1 Å². The molecule has 4 rings (SSSR count). The first-order chi connectivity index (χ1) is 12.8. The lowest BCUT2D eigenvalue weighted by Gasteiger charge is -2.13. The molecule has 2 heterocycles. The lowest BCUT2D eigenvalue weighted by atomic mass is 10.1. The lowest BCUT2D eigenvalue weighted by Crippen LogP contribution is -3.08. The molecule has 0 amide bonds. The second kappa shape index (κ2) is 8.66. The molecule has 0 saturated heterocycles. The van der Waals surface area contributed by atoms with Crippen LogP contribution in [0.5, 0.6) is 5.75 Å². The van der Waals surface area contributed by atoms with Crippen molar-refractivity contribution < 1.29 is 26.8 Å². The molecule has 2 aliphatic rings. The van der Waals surface area contributed by atoms with Crippen LogP contribution in [-0.4, -0.2) is 18.7 Å². The Balaban J connectivity index is 0.00000210. The van der Waals surface area contributed by atoms with E-state index in [-0.39, 0.29) is 12.4 Å². The number of amidine groups is 1. The third-order valence-corrected chi connectivity index (χ3v) is 4.16. The first kappa shape index (κ1) is 18.9. The largest absolute Gasteiger partial charge is 1.00 e. The third kappa shape index (κ3) is 4.10. The van der Waals surface area contributed by atoms with Crippen LogP contribution in [0, 0.1) is 0 Å². The summed E-state index contributed by atoms with van der Waals surface area (Å²) in [5, 5.41) is 0. The van der Waals surface area contributed by atoms with Gasteiger partial charge in [-0.15, -0.1) is 0 Å². The molecule has 1 atom stereocenters. The SMILES string of the molecule is CCOC1=C2C=NC=C[NH+]2C(c2cccc(OCc3ccccc3)c2)=N1.[Cl-]. The molecule has 1 N–H and O–H groups in total. The van der Waals surface area contributed by atoms with Crippen molar-refractivity contribution in [2.24, 2.45) is 9.98 Å². The number of allylic oxidation sites excluding steroid dienone is 1. The zero-order chi connectivity index (χ0) is 17.8. The molecule has 5 nitrogen and oxygen atoms in total. The second-order valence-electron chi connectivity index (χ2n) is 5.92. The first-order valence-electron chi connectivity index (χ1n) is 8.65. The minimum absolute atomic E-state index is 0. The molecule has 2 aromatic rings. The van der Waals surface area contributed by atoms with Gasteiger partial charge in [0.15, 0.2) is 0 Å². The second-order valence-corrected chi connectivity index (χ2v) is 5.92. The van der Waals surface area contributed by atoms with Gasteiger partial charge in [-0.3, -0.25) is 4.99 Å². The number of aliphatic imine (C=N–C) groups is 2. The summed E-state index contributed by atoms with van der Waals surface area (Å²) in [5.74, 6) is 2.33. The number of hydrogen-bond donors (Lipinski definition) is 1. The van der Waals surface area contributed by atoms with E-state index in [1.807, 2.05) is 55.6 Å². The highest BCUT2D eigenvalue weighted by Gasteiger charge is 2.34. The number of benzene rings is 2. The zero-order valence-corrected chi connectivity index (χ0v) is 15.7. The van der Waals surface area contributed by atoms with Gasteiger partial charge < -0.3 is 21.9 Å². The van der Waals surface area contributed by atoms with Crippen molar-refractivity contribution in [3.8, 4) is 5.75 Å². The van der Waals surface area contributed by atoms with Gasteiger partial charge in [-0.05, 0) is 30.7 Å². The van der Waals surface area contributed by atoms with Crippen molar-refractivity contribution in [1.82, 2.24) is 0 Å². The minimum atomic E-state index is 0. The molecule has 0 aromatic heterocycles. The summed E-state index contributed by atoms with van der Waals surface area (Å²) in [6.45, 7) is 3.06. The van der Waals surface area contributed by atoms with Crippen LogP contribution in [0.2, 0.25) is 0 Å². The van der Waals surface area contributed by atoms with Crippen LogP contribution in [0.25, 0.3) is 0 Å². The molecular weight excluding hydrogens is 362 g/mol. The number of nitrogens with one attached hydrogen (secondary N) is 1. The molecule has 0 saturated carbocycles. The smallest absolute Gasteiger partial charge is 0.284 e. The topological polar surface area (TPSA) is 47.6 Å². The molecule has 6 heteroatoms. The number of halogens is 1. The van der Waals surface area contributed by atoms with Gasteiger partial charge in [0.05, 0.1) is 24.6 Å². The molecule has 138 valence electrons. The molecule has 0 aliphatic carbocycles. The third-order valence-electron chi connectivity index (χ3n) is 4.16. The zero-order valence-electron chi connectivity index (χ0n) is 14.9.